The van der Waals surface area contributed by atoms with Crippen molar-refractivity contribution < 1.29 is 4.74 Å². The molecule has 0 spiro atoms. The summed E-state index contributed by atoms with van der Waals surface area (Å²) < 4.78 is 5.68. The third-order valence-electron chi connectivity index (χ3n) is 4.15. The molecule has 0 saturated carbocycles. The lowest BCUT2D eigenvalue weighted by molar-refractivity contribution is 0.461. The Morgan fingerprint density at radius 1 is 0.846 bits per heavy atom. The summed E-state index contributed by atoms with van der Waals surface area (Å²) in [7, 11) is 0. The normalized spacial score (nSPS) is 10.7. The van der Waals surface area contributed by atoms with Crippen molar-refractivity contribution in [2.75, 3.05) is 5.32 Å². The summed E-state index contributed by atoms with van der Waals surface area (Å²) >= 11 is 0. The zero-order chi connectivity index (χ0) is 17.9. The Hall–Kier alpha value is -3.54. The molecule has 0 radical (unpaired) electrons. The number of ether oxygens (including phenoxy) is 1. The Morgan fingerprint density at radius 3 is 2.42 bits per heavy atom. The van der Waals surface area contributed by atoms with Crippen LogP contribution < -0.4 is 10.1 Å². The van der Waals surface area contributed by atoms with Gasteiger partial charge in [0.2, 0.25) is 5.88 Å². The molecule has 0 aliphatic heterocycles. The lowest BCUT2D eigenvalue weighted by atomic mass is 10.1. The minimum Gasteiger partial charge on any atom is -0.439 e. The van der Waals surface area contributed by atoms with Crippen LogP contribution in [0.25, 0.3) is 10.9 Å². The topological polar surface area (TPSA) is 72.8 Å². The maximum atomic E-state index is 5.68. The number of rotatable bonds is 4. The van der Waals surface area contributed by atoms with E-state index in [1.807, 2.05) is 24.3 Å². The molecule has 0 unspecified atom stereocenters. The van der Waals surface area contributed by atoms with Gasteiger partial charge in [0, 0.05) is 23.3 Å². The highest BCUT2D eigenvalue weighted by atomic mass is 16.5. The van der Waals surface area contributed by atoms with Gasteiger partial charge >= 0.3 is 0 Å². The number of aromatic nitrogens is 4. The molecular weight excluding hydrogens is 326 g/mol. The largest absolute Gasteiger partial charge is 0.439 e. The van der Waals surface area contributed by atoms with Crippen LogP contribution >= 0.6 is 0 Å². The molecule has 6 nitrogen and oxygen atoms in total. The van der Waals surface area contributed by atoms with Crippen molar-refractivity contribution in [1.29, 1.82) is 0 Å². The Bertz CT molecular complexity index is 1050. The Labute approximate surface area is 150 Å². The zero-order valence-corrected chi connectivity index (χ0v) is 14.5. The molecule has 0 saturated heterocycles. The highest BCUT2D eigenvalue weighted by molar-refractivity contribution is 5.91. The second-order valence-electron chi connectivity index (χ2n) is 5.97. The Morgan fingerprint density at radius 2 is 1.65 bits per heavy atom. The number of aryl methyl sites for hydroxylation is 2. The molecule has 0 amide bonds. The fourth-order valence-corrected chi connectivity index (χ4v) is 2.62. The predicted molar refractivity (Wildman–Crippen MR) is 101 cm³/mol. The number of fused-ring (bicyclic) bond motifs is 1. The summed E-state index contributed by atoms with van der Waals surface area (Å²) in [5, 5.41) is 4.35. The van der Waals surface area contributed by atoms with Crippen LogP contribution in [0.1, 0.15) is 11.1 Å². The van der Waals surface area contributed by atoms with Gasteiger partial charge in [-0.1, -0.05) is 0 Å². The lowest BCUT2D eigenvalue weighted by Crippen LogP contribution is -1.97. The predicted octanol–water partition coefficient (Wildman–Crippen LogP) is 4.57. The summed E-state index contributed by atoms with van der Waals surface area (Å²) in [4.78, 5) is 16.7. The Balaban J connectivity index is 1.58. The van der Waals surface area contributed by atoms with Gasteiger partial charge < -0.3 is 10.1 Å². The van der Waals surface area contributed by atoms with Crippen LogP contribution in [-0.2, 0) is 0 Å². The fourth-order valence-electron chi connectivity index (χ4n) is 2.62. The van der Waals surface area contributed by atoms with E-state index in [0.717, 1.165) is 22.4 Å². The van der Waals surface area contributed by atoms with E-state index in [0.29, 0.717) is 11.6 Å². The minimum atomic E-state index is 0.508. The summed E-state index contributed by atoms with van der Waals surface area (Å²) in [5.41, 5.74) is 4.27. The van der Waals surface area contributed by atoms with E-state index in [2.05, 4.69) is 51.2 Å². The molecule has 0 atom stereocenters. The van der Waals surface area contributed by atoms with Crippen LogP contribution in [0, 0.1) is 13.8 Å². The van der Waals surface area contributed by atoms with Crippen molar-refractivity contribution in [3.63, 3.8) is 0 Å². The first kappa shape index (κ1) is 16.0. The molecule has 2 aromatic heterocycles. The highest BCUT2D eigenvalue weighted by Gasteiger charge is 2.07. The van der Waals surface area contributed by atoms with Crippen LogP contribution in [0.5, 0.6) is 11.6 Å². The van der Waals surface area contributed by atoms with Gasteiger partial charge in [-0.2, -0.15) is 0 Å². The van der Waals surface area contributed by atoms with Gasteiger partial charge in [-0.3, -0.25) is 0 Å². The molecule has 0 bridgehead atoms. The molecule has 26 heavy (non-hydrogen) atoms. The van der Waals surface area contributed by atoms with Crippen molar-refractivity contribution >= 4 is 22.4 Å². The van der Waals surface area contributed by atoms with E-state index < -0.39 is 0 Å². The number of nitrogens with one attached hydrogen (secondary N) is 1. The average molecular weight is 343 g/mol. The van der Waals surface area contributed by atoms with Crippen LogP contribution in [-0.4, -0.2) is 19.9 Å². The molecule has 0 aliphatic carbocycles. The van der Waals surface area contributed by atoms with E-state index >= 15 is 0 Å². The molecule has 2 aromatic carbocycles. The smallest absolute Gasteiger partial charge is 0.222 e. The van der Waals surface area contributed by atoms with Crippen LogP contribution in [0.3, 0.4) is 0 Å². The standard InChI is InChI=1S/C20H17N5O/c1-13-9-17-18(10-14(13)2)22-12-24-20(17)25-15-3-5-16(6-4-15)26-19-7-8-21-11-23-19/h3-12H,1-2H3,(H,22,24,25). The number of nitrogens with zero attached hydrogens (tertiary/aromatic N) is 4. The van der Waals surface area contributed by atoms with Crippen molar-refractivity contribution in [2.45, 2.75) is 13.8 Å². The number of benzene rings is 2. The third-order valence-corrected chi connectivity index (χ3v) is 4.15. The van der Waals surface area contributed by atoms with Crippen molar-refractivity contribution in [2.24, 2.45) is 0 Å². The summed E-state index contributed by atoms with van der Waals surface area (Å²) in [5.74, 6) is 1.99. The van der Waals surface area contributed by atoms with Gasteiger partial charge in [-0.25, -0.2) is 19.9 Å². The fraction of sp³-hybridized carbons (Fsp3) is 0.100. The van der Waals surface area contributed by atoms with Crippen LogP contribution in [0.2, 0.25) is 0 Å². The second-order valence-corrected chi connectivity index (χ2v) is 5.97. The van der Waals surface area contributed by atoms with E-state index in [9.17, 15) is 0 Å². The first-order valence-electron chi connectivity index (χ1n) is 8.22. The molecular formula is C20H17N5O. The zero-order valence-electron chi connectivity index (χ0n) is 14.5. The first-order chi connectivity index (χ1) is 12.7. The SMILES string of the molecule is Cc1cc2ncnc(Nc3ccc(Oc4ccncn4)cc3)c2cc1C. The molecule has 128 valence electrons. The first-order valence-corrected chi connectivity index (χ1v) is 8.22. The molecule has 0 fully saturated rings. The van der Waals surface area contributed by atoms with Crippen LogP contribution in [0.15, 0.2) is 61.3 Å². The van der Waals surface area contributed by atoms with Crippen molar-refractivity contribution in [3.8, 4) is 11.6 Å². The molecule has 4 rings (SSSR count). The molecule has 1 N–H and O–H groups in total. The van der Waals surface area contributed by atoms with Gasteiger partial charge in [0.05, 0.1) is 5.52 Å². The number of anilines is 2. The molecule has 2 heterocycles. The van der Waals surface area contributed by atoms with E-state index in [4.69, 9.17) is 4.74 Å². The van der Waals surface area contributed by atoms with E-state index in [-0.39, 0.29) is 0 Å². The summed E-state index contributed by atoms with van der Waals surface area (Å²) in [6.45, 7) is 4.17. The maximum Gasteiger partial charge on any atom is 0.222 e. The second kappa shape index (κ2) is 6.76. The van der Waals surface area contributed by atoms with Gasteiger partial charge in [0.1, 0.15) is 24.2 Å². The quantitative estimate of drug-likeness (QED) is 0.585. The number of hydrogen-bond acceptors (Lipinski definition) is 6. The van der Waals surface area contributed by atoms with Crippen molar-refractivity contribution in [3.05, 3.63) is 72.4 Å². The minimum absolute atomic E-state index is 0.508. The van der Waals surface area contributed by atoms with Gasteiger partial charge in [-0.05, 0) is 61.4 Å². The van der Waals surface area contributed by atoms with E-state index in [1.165, 1.54) is 17.5 Å². The van der Waals surface area contributed by atoms with Gasteiger partial charge in [-0.15, -0.1) is 0 Å². The van der Waals surface area contributed by atoms with Gasteiger partial charge in [0.15, 0.2) is 0 Å². The van der Waals surface area contributed by atoms with E-state index in [1.54, 1.807) is 18.6 Å². The van der Waals surface area contributed by atoms with Crippen molar-refractivity contribution in [1.82, 2.24) is 19.9 Å². The molecule has 0 aliphatic rings. The average Bonchev–Trinajstić information content (AvgIpc) is 2.66. The monoisotopic (exact) mass is 343 g/mol. The third kappa shape index (κ3) is 3.30. The van der Waals surface area contributed by atoms with Gasteiger partial charge in [0.25, 0.3) is 0 Å². The highest BCUT2D eigenvalue weighted by Crippen LogP contribution is 2.27. The lowest BCUT2D eigenvalue weighted by Gasteiger charge is -2.11. The maximum absolute atomic E-state index is 5.68. The summed E-state index contributed by atoms with van der Waals surface area (Å²) in [6.07, 6.45) is 4.67. The Kier molecular flexibility index (Phi) is 4.15. The van der Waals surface area contributed by atoms with Crippen LogP contribution in [0.4, 0.5) is 11.5 Å². The summed E-state index contributed by atoms with van der Waals surface area (Å²) in [6, 6.07) is 13.5. The molecule has 4 aromatic rings. The molecule has 6 heteroatoms. The number of hydrogen-bond donors (Lipinski definition) is 1.